The summed E-state index contributed by atoms with van der Waals surface area (Å²) >= 11 is 1.58. The molecule has 6 heteroatoms. The highest BCUT2D eigenvalue weighted by atomic mass is 32.1. The van der Waals surface area contributed by atoms with Crippen molar-refractivity contribution < 1.29 is 4.79 Å². The van der Waals surface area contributed by atoms with Crippen molar-refractivity contribution in [1.29, 1.82) is 0 Å². The van der Waals surface area contributed by atoms with Crippen LogP contribution in [0.25, 0.3) is 4.96 Å². The zero-order chi connectivity index (χ0) is 14.8. The van der Waals surface area contributed by atoms with Crippen LogP contribution in [0.2, 0.25) is 0 Å². The van der Waals surface area contributed by atoms with Crippen molar-refractivity contribution in [2.45, 2.75) is 45.2 Å². The van der Waals surface area contributed by atoms with Gasteiger partial charge in [0.2, 0.25) is 5.91 Å². The Kier molecular flexibility index (Phi) is 4.26. The number of amides is 1. The summed E-state index contributed by atoms with van der Waals surface area (Å²) in [5.41, 5.74) is 0.835. The van der Waals surface area contributed by atoms with Crippen molar-refractivity contribution in [3.8, 4) is 0 Å². The van der Waals surface area contributed by atoms with E-state index in [1.54, 1.807) is 11.3 Å². The van der Waals surface area contributed by atoms with Crippen molar-refractivity contribution in [2.24, 2.45) is 0 Å². The van der Waals surface area contributed by atoms with Gasteiger partial charge in [0, 0.05) is 42.9 Å². The summed E-state index contributed by atoms with van der Waals surface area (Å²) in [5.74, 6) is 0.0558. The van der Waals surface area contributed by atoms with Gasteiger partial charge < -0.3 is 5.32 Å². The van der Waals surface area contributed by atoms with Crippen molar-refractivity contribution in [1.82, 2.24) is 19.6 Å². The van der Waals surface area contributed by atoms with Gasteiger partial charge in [0.15, 0.2) is 4.96 Å². The van der Waals surface area contributed by atoms with Crippen LogP contribution >= 0.6 is 11.3 Å². The van der Waals surface area contributed by atoms with Crippen molar-refractivity contribution in [3.63, 3.8) is 0 Å². The lowest BCUT2D eigenvalue weighted by Gasteiger charge is -2.26. The van der Waals surface area contributed by atoms with E-state index in [1.165, 1.54) is 12.8 Å². The molecule has 1 aliphatic carbocycles. The minimum Gasteiger partial charge on any atom is -0.354 e. The second-order valence-electron chi connectivity index (χ2n) is 5.91. The third-order valence-corrected chi connectivity index (χ3v) is 4.63. The predicted octanol–water partition coefficient (Wildman–Crippen LogP) is 1.93. The fourth-order valence-corrected chi connectivity index (χ4v) is 3.40. The molecule has 114 valence electrons. The summed E-state index contributed by atoms with van der Waals surface area (Å²) in [6, 6.07) is 1.29. The molecule has 3 rings (SSSR count). The van der Waals surface area contributed by atoms with E-state index < -0.39 is 0 Å². The van der Waals surface area contributed by atoms with Crippen LogP contribution in [0.5, 0.6) is 0 Å². The third-order valence-electron chi connectivity index (χ3n) is 3.86. The van der Waals surface area contributed by atoms with Crippen LogP contribution in [-0.4, -0.2) is 45.4 Å². The Balaban J connectivity index is 1.44. The quantitative estimate of drug-likeness (QED) is 0.850. The van der Waals surface area contributed by atoms with Crippen molar-refractivity contribution in [2.75, 3.05) is 13.1 Å². The van der Waals surface area contributed by atoms with Crippen LogP contribution in [0.4, 0.5) is 0 Å². The molecule has 1 fully saturated rings. The van der Waals surface area contributed by atoms with Gasteiger partial charge in [-0.1, -0.05) is 0 Å². The van der Waals surface area contributed by atoms with Gasteiger partial charge in [-0.2, -0.15) is 0 Å². The van der Waals surface area contributed by atoms with Crippen molar-refractivity contribution in [3.05, 3.63) is 23.5 Å². The summed E-state index contributed by atoms with van der Waals surface area (Å²) in [7, 11) is 0. The molecule has 1 N–H and O–H groups in total. The fraction of sp³-hybridized carbons (Fsp3) is 0.600. The van der Waals surface area contributed by atoms with E-state index in [0.717, 1.165) is 29.8 Å². The van der Waals surface area contributed by atoms with Crippen LogP contribution in [0.15, 0.2) is 17.8 Å². The Labute approximate surface area is 129 Å². The number of imidazole rings is 1. The van der Waals surface area contributed by atoms with Gasteiger partial charge in [-0.3, -0.25) is 14.1 Å². The molecular formula is C15H22N4OS. The Morgan fingerprint density at radius 3 is 3.05 bits per heavy atom. The Hall–Kier alpha value is -1.40. The molecule has 0 unspecified atom stereocenters. The average Bonchev–Trinajstić information content (AvgIpc) is 3.04. The summed E-state index contributed by atoms with van der Waals surface area (Å²) in [6.45, 7) is 6.10. The van der Waals surface area contributed by atoms with E-state index in [1.807, 2.05) is 22.2 Å². The Bertz CT molecular complexity index is 583. The van der Waals surface area contributed by atoms with E-state index in [-0.39, 0.29) is 5.91 Å². The molecule has 0 radical (unpaired) electrons. The average molecular weight is 306 g/mol. The van der Waals surface area contributed by atoms with E-state index in [9.17, 15) is 4.79 Å². The second-order valence-corrected chi connectivity index (χ2v) is 6.79. The Morgan fingerprint density at radius 1 is 1.57 bits per heavy atom. The number of hydrogen-bond donors (Lipinski definition) is 1. The summed E-state index contributed by atoms with van der Waals surface area (Å²) in [6.07, 6.45) is 6.86. The van der Waals surface area contributed by atoms with Gasteiger partial charge in [-0.25, -0.2) is 4.98 Å². The van der Waals surface area contributed by atoms with Gasteiger partial charge in [0.1, 0.15) is 0 Å². The number of rotatable bonds is 7. The van der Waals surface area contributed by atoms with Gasteiger partial charge in [0.05, 0.1) is 12.1 Å². The minimum atomic E-state index is 0.0558. The number of carbonyl (C=O) groups excluding carboxylic acids is 1. The smallest absolute Gasteiger partial charge is 0.226 e. The predicted molar refractivity (Wildman–Crippen MR) is 84.6 cm³/mol. The standard InChI is InChI=1S/C15H22N4OS/c1-11(2)19(13-3-4-13)6-5-16-14(20)9-12-10-18-7-8-21-15(18)17-12/h7-8,10-11,13H,3-6,9H2,1-2H3,(H,16,20). The highest BCUT2D eigenvalue weighted by Gasteiger charge is 2.30. The van der Waals surface area contributed by atoms with Gasteiger partial charge >= 0.3 is 0 Å². The first kappa shape index (κ1) is 14.5. The molecule has 0 saturated heterocycles. The van der Waals surface area contributed by atoms with Gasteiger partial charge in [-0.15, -0.1) is 11.3 Å². The van der Waals surface area contributed by atoms with Crippen LogP contribution in [-0.2, 0) is 11.2 Å². The normalized spacial score (nSPS) is 15.2. The molecule has 2 heterocycles. The maximum absolute atomic E-state index is 12.0. The number of hydrogen-bond acceptors (Lipinski definition) is 4. The van der Waals surface area contributed by atoms with Crippen LogP contribution in [0, 0.1) is 0 Å². The molecule has 1 aliphatic rings. The first-order chi connectivity index (χ1) is 10.1. The summed E-state index contributed by atoms with van der Waals surface area (Å²) < 4.78 is 1.96. The van der Waals surface area contributed by atoms with E-state index in [0.29, 0.717) is 12.5 Å². The SMILES string of the molecule is CC(C)N(CCNC(=O)Cc1cn2ccsc2n1)C1CC1. The molecule has 0 bridgehead atoms. The molecule has 1 saturated carbocycles. The third kappa shape index (κ3) is 3.63. The highest BCUT2D eigenvalue weighted by molar-refractivity contribution is 7.15. The number of carbonyl (C=O) groups is 1. The largest absolute Gasteiger partial charge is 0.354 e. The first-order valence-electron chi connectivity index (χ1n) is 7.57. The molecule has 0 aromatic carbocycles. The van der Waals surface area contributed by atoms with E-state index in [2.05, 4.69) is 29.0 Å². The van der Waals surface area contributed by atoms with Crippen LogP contribution < -0.4 is 5.32 Å². The van der Waals surface area contributed by atoms with Crippen LogP contribution in [0.3, 0.4) is 0 Å². The highest BCUT2D eigenvalue weighted by Crippen LogP contribution is 2.27. The monoisotopic (exact) mass is 306 g/mol. The first-order valence-corrected chi connectivity index (χ1v) is 8.45. The number of nitrogens with one attached hydrogen (secondary N) is 1. The molecule has 2 aromatic heterocycles. The van der Waals surface area contributed by atoms with Crippen molar-refractivity contribution >= 4 is 22.2 Å². The number of thiazole rings is 1. The molecular weight excluding hydrogens is 284 g/mol. The minimum absolute atomic E-state index is 0.0558. The summed E-state index contributed by atoms with van der Waals surface area (Å²) in [5, 5.41) is 5.00. The number of fused-ring (bicyclic) bond motifs is 1. The number of nitrogens with zero attached hydrogens (tertiary/aromatic N) is 3. The molecule has 21 heavy (non-hydrogen) atoms. The molecule has 1 amide bonds. The lowest BCUT2D eigenvalue weighted by molar-refractivity contribution is -0.120. The second kappa shape index (κ2) is 6.15. The zero-order valence-electron chi connectivity index (χ0n) is 12.6. The Morgan fingerprint density at radius 2 is 2.38 bits per heavy atom. The molecule has 2 aromatic rings. The lowest BCUT2D eigenvalue weighted by Crippen LogP contribution is -2.40. The molecule has 0 aliphatic heterocycles. The fourth-order valence-electron chi connectivity index (χ4n) is 2.68. The lowest BCUT2D eigenvalue weighted by atomic mass is 10.3. The van der Waals surface area contributed by atoms with Crippen LogP contribution in [0.1, 0.15) is 32.4 Å². The maximum atomic E-state index is 12.0. The summed E-state index contributed by atoms with van der Waals surface area (Å²) in [4.78, 5) is 19.8. The molecule has 0 atom stereocenters. The van der Waals surface area contributed by atoms with E-state index >= 15 is 0 Å². The van der Waals surface area contributed by atoms with Gasteiger partial charge in [0.25, 0.3) is 0 Å². The number of aromatic nitrogens is 2. The maximum Gasteiger partial charge on any atom is 0.226 e. The molecule has 0 spiro atoms. The zero-order valence-corrected chi connectivity index (χ0v) is 13.4. The van der Waals surface area contributed by atoms with E-state index in [4.69, 9.17) is 0 Å². The van der Waals surface area contributed by atoms with Gasteiger partial charge in [-0.05, 0) is 26.7 Å². The molecule has 5 nitrogen and oxygen atoms in total. The topological polar surface area (TPSA) is 49.6 Å².